The summed E-state index contributed by atoms with van der Waals surface area (Å²) >= 11 is 3.39. The van der Waals surface area contributed by atoms with Crippen LogP contribution in [0.4, 0.5) is 0 Å². The highest BCUT2D eigenvalue weighted by atomic mass is 79.9. The number of hydrogen-bond donors (Lipinski definition) is 1. The molecule has 12 heavy (non-hydrogen) atoms. The highest BCUT2D eigenvalue weighted by molar-refractivity contribution is 9.10. The molecule has 3 rings (SSSR count). The maximum Gasteiger partial charge on any atom is 0.0996 e. The zero-order valence-electron chi connectivity index (χ0n) is 6.37. The third-order valence-corrected chi connectivity index (χ3v) is 3.27. The van der Waals surface area contributed by atoms with Crippen molar-refractivity contribution in [2.45, 2.75) is 18.4 Å². The molecule has 2 nitrogen and oxygen atoms in total. The molecular weight excluding hydrogens is 218 g/mol. The maximum absolute atomic E-state index is 9.70. The van der Waals surface area contributed by atoms with E-state index in [1.165, 1.54) is 5.56 Å². The van der Waals surface area contributed by atoms with Crippen LogP contribution < -0.4 is 0 Å². The summed E-state index contributed by atoms with van der Waals surface area (Å²) in [5.41, 5.74) is 2.15. The van der Waals surface area contributed by atoms with Gasteiger partial charge in [0, 0.05) is 10.7 Å². The Bertz CT molecular complexity index is 352. The number of halogens is 1. The van der Waals surface area contributed by atoms with Crippen molar-refractivity contribution in [2.24, 2.45) is 5.92 Å². The van der Waals surface area contributed by atoms with E-state index in [0.29, 0.717) is 11.8 Å². The van der Waals surface area contributed by atoms with Crippen molar-refractivity contribution < 1.29 is 5.11 Å². The highest BCUT2D eigenvalue weighted by Gasteiger charge is 2.52. The molecule has 2 aliphatic rings. The van der Waals surface area contributed by atoms with Crippen LogP contribution in [0.25, 0.3) is 0 Å². The van der Waals surface area contributed by atoms with Crippen LogP contribution in [-0.2, 0) is 0 Å². The van der Waals surface area contributed by atoms with Crippen molar-refractivity contribution in [2.75, 3.05) is 0 Å². The molecule has 62 valence electrons. The summed E-state index contributed by atoms with van der Waals surface area (Å²) in [6.07, 6.45) is 2.61. The van der Waals surface area contributed by atoms with Gasteiger partial charge in [-0.1, -0.05) is 0 Å². The Morgan fingerprint density at radius 2 is 2.42 bits per heavy atom. The van der Waals surface area contributed by atoms with Gasteiger partial charge in [-0.05, 0) is 45.8 Å². The Hall–Kier alpha value is -0.410. The van der Waals surface area contributed by atoms with Gasteiger partial charge in [0.1, 0.15) is 0 Å². The molecular formula is C9H8BrNO. The number of fused-ring (bicyclic) bond motifs is 3. The lowest BCUT2D eigenvalue weighted by molar-refractivity contribution is 0.156. The Labute approximate surface area is 78.8 Å². The van der Waals surface area contributed by atoms with Gasteiger partial charge >= 0.3 is 0 Å². The molecule has 3 unspecified atom stereocenters. The molecule has 1 N–H and O–H groups in total. The quantitative estimate of drug-likeness (QED) is 0.733. The van der Waals surface area contributed by atoms with Gasteiger partial charge in [0.25, 0.3) is 0 Å². The van der Waals surface area contributed by atoms with Gasteiger partial charge < -0.3 is 5.11 Å². The predicted octanol–water partition coefficient (Wildman–Crippen LogP) is 1.99. The molecule has 0 saturated heterocycles. The Balaban J connectivity index is 2.20. The van der Waals surface area contributed by atoms with Gasteiger partial charge in [-0.15, -0.1) is 0 Å². The first-order valence-electron chi connectivity index (χ1n) is 4.11. The van der Waals surface area contributed by atoms with Crippen molar-refractivity contribution in [3.63, 3.8) is 0 Å². The molecule has 0 radical (unpaired) electrons. The minimum Gasteiger partial charge on any atom is -0.386 e. The summed E-state index contributed by atoms with van der Waals surface area (Å²) in [5, 5.41) is 9.70. The molecule has 0 bridgehead atoms. The number of rotatable bonds is 0. The first kappa shape index (κ1) is 7.04. The van der Waals surface area contributed by atoms with Crippen molar-refractivity contribution >= 4 is 15.9 Å². The molecule has 2 aliphatic carbocycles. The average molecular weight is 226 g/mol. The normalized spacial score (nSPS) is 36.0. The molecule has 1 saturated carbocycles. The third-order valence-electron chi connectivity index (χ3n) is 2.84. The van der Waals surface area contributed by atoms with Crippen LogP contribution in [0.2, 0.25) is 0 Å². The molecule has 1 fully saturated rings. The van der Waals surface area contributed by atoms with Crippen LogP contribution in [0.1, 0.15) is 29.7 Å². The monoisotopic (exact) mass is 225 g/mol. The topological polar surface area (TPSA) is 33.1 Å². The zero-order chi connectivity index (χ0) is 8.29. The van der Waals surface area contributed by atoms with E-state index in [-0.39, 0.29) is 6.10 Å². The highest BCUT2D eigenvalue weighted by Crippen LogP contribution is 2.61. The van der Waals surface area contributed by atoms with E-state index in [2.05, 4.69) is 27.0 Å². The number of nitrogens with zero attached hydrogens (tertiary/aromatic N) is 1. The second-order valence-electron chi connectivity index (χ2n) is 3.58. The van der Waals surface area contributed by atoms with Crippen molar-refractivity contribution in [1.29, 1.82) is 0 Å². The van der Waals surface area contributed by atoms with Gasteiger partial charge in [-0.2, -0.15) is 0 Å². The van der Waals surface area contributed by atoms with Crippen LogP contribution in [0.15, 0.2) is 16.7 Å². The van der Waals surface area contributed by atoms with Gasteiger partial charge in [0.15, 0.2) is 0 Å². The molecule has 0 amide bonds. The Morgan fingerprint density at radius 3 is 3.25 bits per heavy atom. The lowest BCUT2D eigenvalue weighted by atomic mass is 10.1. The maximum atomic E-state index is 9.70. The molecule has 1 aromatic rings. The largest absolute Gasteiger partial charge is 0.386 e. The van der Waals surface area contributed by atoms with E-state index in [1.807, 2.05) is 0 Å². The third kappa shape index (κ3) is 0.756. The van der Waals surface area contributed by atoms with E-state index in [9.17, 15) is 5.11 Å². The molecule has 3 atom stereocenters. The lowest BCUT2D eigenvalue weighted by Crippen LogP contribution is -1.99. The number of aromatic nitrogens is 1. The number of aliphatic hydroxyl groups is 1. The summed E-state index contributed by atoms with van der Waals surface area (Å²) in [6.45, 7) is 0. The molecule has 3 heteroatoms. The molecule has 0 spiro atoms. The fourth-order valence-corrected chi connectivity index (χ4v) is 2.48. The number of aliphatic hydroxyl groups excluding tert-OH is 1. The van der Waals surface area contributed by atoms with Crippen LogP contribution in [0.3, 0.4) is 0 Å². The summed E-state index contributed by atoms with van der Waals surface area (Å²) in [4.78, 5) is 4.22. The van der Waals surface area contributed by atoms with Gasteiger partial charge in [0.05, 0.1) is 11.8 Å². The van der Waals surface area contributed by atoms with Crippen LogP contribution in [0.5, 0.6) is 0 Å². The minimum absolute atomic E-state index is 0.293. The number of hydrogen-bond acceptors (Lipinski definition) is 2. The second kappa shape index (κ2) is 2.09. The predicted molar refractivity (Wildman–Crippen MR) is 47.7 cm³/mol. The Kier molecular flexibility index (Phi) is 1.23. The van der Waals surface area contributed by atoms with Crippen LogP contribution >= 0.6 is 15.9 Å². The SMILES string of the molecule is OC1c2ncc(Br)cc2C2CC12. The fraction of sp³-hybridized carbons (Fsp3) is 0.444. The van der Waals surface area contributed by atoms with E-state index in [4.69, 9.17) is 0 Å². The van der Waals surface area contributed by atoms with E-state index in [1.54, 1.807) is 6.20 Å². The lowest BCUT2D eigenvalue weighted by Gasteiger charge is -2.06. The summed E-state index contributed by atoms with van der Waals surface area (Å²) in [7, 11) is 0. The molecule has 0 aliphatic heterocycles. The minimum atomic E-state index is -0.293. The molecule has 1 heterocycles. The van der Waals surface area contributed by atoms with Crippen LogP contribution in [-0.4, -0.2) is 10.1 Å². The van der Waals surface area contributed by atoms with Crippen LogP contribution in [0, 0.1) is 5.92 Å². The molecule has 0 aromatic carbocycles. The summed E-state index contributed by atoms with van der Waals surface area (Å²) in [5.74, 6) is 1.07. The van der Waals surface area contributed by atoms with Gasteiger partial charge in [-0.25, -0.2) is 0 Å². The van der Waals surface area contributed by atoms with E-state index >= 15 is 0 Å². The van der Waals surface area contributed by atoms with Gasteiger partial charge in [0.2, 0.25) is 0 Å². The van der Waals surface area contributed by atoms with Crippen molar-refractivity contribution in [1.82, 2.24) is 4.98 Å². The summed E-state index contributed by atoms with van der Waals surface area (Å²) < 4.78 is 1.01. The smallest absolute Gasteiger partial charge is 0.0996 e. The zero-order valence-corrected chi connectivity index (χ0v) is 7.95. The van der Waals surface area contributed by atoms with Crippen molar-refractivity contribution in [3.05, 3.63) is 28.0 Å². The standard InChI is InChI=1S/C9H8BrNO/c10-4-1-6-5-2-7(5)9(12)8(6)11-3-4/h1,3,5,7,9,12H,2H2. The van der Waals surface area contributed by atoms with Gasteiger partial charge in [-0.3, -0.25) is 4.98 Å². The Morgan fingerprint density at radius 1 is 1.58 bits per heavy atom. The van der Waals surface area contributed by atoms with E-state index in [0.717, 1.165) is 16.6 Å². The average Bonchev–Trinajstić information content (AvgIpc) is 2.77. The number of pyridine rings is 1. The first-order chi connectivity index (χ1) is 5.77. The van der Waals surface area contributed by atoms with E-state index < -0.39 is 0 Å². The summed E-state index contributed by atoms with van der Waals surface area (Å²) in [6, 6.07) is 2.09. The first-order valence-corrected chi connectivity index (χ1v) is 4.90. The fourth-order valence-electron chi connectivity index (χ4n) is 2.13. The second-order valence-corrected chi connectivity index (χ2v) is 4.49. The molecule has 1 aromatic heterocycles. The van der Waals surface area contributed by atoms with Crippen molar-refractivity contribution in [3.8, 4) is 0 Å².